The minimum absolute atomic E-state index is 0. The summed E-state index contributed by atoms with van der Waals surface area (Å²) in [6, 6.07) is 3.33. The number of nitrogens with zero attached hydrogens (tertiary/aromatic N) is 5. The molecule has 24 heavy (non-hydrogen) atoms. The van der Waals surface area contributed by atoms with E-state index in [0.717, 1.165) is 41.2 Å². The van der Waals surface area contributed by atoms with Crippen LogP contribution >= 0.6 is 12.4 Å². The molecule has 126 valence electrons. The molecule has 3 aromatic rings. The number of nitrogens with one attached hydrogen (secondary N) is 2. The molecule has 0 amide bonds. The summed E-state index contributed by atoms with van der Waals surface area (Å²) in [4.78, 5) is 14.8. The molecule has 3 aromatic heterocycles. The van der Waals surface area contributed by atoms with Crippen LogP contribution in [0.25, 0.3) is 22.3 Å². The van der Waals surface area contributed by atoms with E-state index in [-0.39, 0.29) is 12.4 Å². The minimum atomic E-state index is 0. The molecule has 2 aliphatic heterocycles. The molecule has 0 aliphatic carbocycles. The first kappa shape index (κ1) is 15.4. The average Bonchev–Trinajstić information content (AvgIpc) is 3.25. The van der Waals surface area contributed by atoms with Crippen molar-refractivity contribution in [2.45, 2.75) is 24.9 Å². The topological polar surface area (TPSA) is 74.7 Å². The van der Waals surface area contributed by atoms with Crippen molar-refractivity contribution in [2.24, 2.45) is 7.05 Å². The van der Waals surface area contributed by atoms with E-state index in [0.29, 0.717) is 12.1 Å². The van der Waals surface area contributed by atoms with Gasteiger partial charge in [-0.05, 0) is 18.9 Å². The van der Waals surface area contributed by atoms with Crippen LogP contribution in [-0.2, 0) is 7.05 Å². The maximum atomic E-state index is 4.59. The SMILES string of the molecule is Cl.Cn1cc(-c2cc3c(N4CC5CCC(C4)N5)ncnc3[nH]2)cn1. The van der Waals surface area contributed by atoms with E-state index in [1.807, 2.05) is 19.4 Å². The lowest BCUT2D eigenvalue weighted by atomic mass is 10.2. The van der Waals surface area contributed by atoms with Crippen LogP contribution < -0.4 is 10.2 Å². The number of rotatable bonds is 2. The van der Waals surface area contributed by atoms with Crippen LogP contribution in [0.15, 0.2) is 24.8 Å². The number of aromatic nitrogens is 5. The number of hydrogen-bond acceptors (Lipinski definition) is 5. The predicted octanol–water partition coefficient (Wildman–Crippen LogP) is 1.72. The standard InChI is InChI=1S/C16H19N7.ClH/c1-22-6-10(5-19-22)14-4-13-15(21-14)17-9-18-16(13)23-7-11-2-3-12(8-23)20-11;/h4-6,9,11-12,20H,2-3,7-8H2,1H3,(H,17,18,21);1H. The number of fused-ring (bicyclic) bond motifs is 3. The van der Waals surface area contributed by atoms with Crippen LogP contribution in [0.5, 0.6) is 0 Å². The summed E-state index contributed by atoms with van der Waals surface area (Å²) in [6.07, 6.45) is 8.06. The average molecular weight is 346 g/mol. The van der Waals surface area contributed by atoms with Gasteiger partial charge >= 0.3 is 0 Å². The van der Waals surface area contributed by atoms with E-state index < -0.39 is 0 Å². The third kappa shape index (κ3) is 2.44. The number of anilines is 1. The zero-order valence-electron chi connectivity index (χ0n) is 13.4. The zero-order chi connectivity index (χ0) is 15.4. The number of hydrogen-bond donors (Lipinski definition) is 2. The number of aromatic amines is 1. The summed E-state index contributed by atoms with van der Waals surface area (Å²) in [5.74, 6) is 1.04. The number of aryl methyl sites for hydroxylation is 1. The second kappa shape index (κ2) is 5.75. The van der Waals surface area contributed by atoms with Gasteiger partial charge in [-0.15, -0.1) is 12.4 Å². The first-order valence-corrected chi connectivity index (χ1v) is 8.10. The fourth-order valence-electron chi connectivity index (χ4n) is 3.86. The molecular formula is C16H20ClN7. The van der Waals surface area contributed by atoms with Gasteiger partial charge in [-0.1, -0.05) is 0 Å². The maximum Gasteiger partial charge on any atom is 0.143 e. The van der Waals surface area contributed by atoms with Gasteiger partial charge in [0.1, 0.15) is 17.8 Å². The molecule has 2 aliphatic rings. The fourth-order valence-corrected chi connectivity index (χ4v) is 3.86. The van der Waals surface area contributed by atoms with Crippen LogP contribution in [0.3, 0.4) is 0 Å². The first-order valence-electron chi connectivity index (χ1n) is 8.10. The van der Waals surface area contributed by atoms with E-state index >= 15 is 0 Å². The van der Waals surface area contributed by atoms with Crippen LogP contribution in [0.1, 0.15) is 12.8 Å². The Bertz CT molecular complexity index is 858. The third-order valence-electron chi connectivity index (χ3n) is 4.94. The molecule has 2 saturated heterocycles. The Morgan fingerprint density at radius 2 is 1.96 bits per heavy atom. The van der Waals surface area contributed by atoms with Crippen LogP contribution in [0.2, 0.25) is 0 Å². The maximum absolute atomic E-state index is 4.59. The van der Waals surface area contributed by atoms with Gasteiger partial charge in [0.05, 0.1) is 17.3 Å². The van der Waals surface area contributed by atoms with Crippen molar-refractivity contribution in [2.75, 3.05) is 18.0 Å². The number of halogens is 1. The van der Waals surface area contributed by atoms with Gasteiger partial charge < -0.3 is 15.2 Å². The van der Waals surface area contributed by atoms with Crippen molar-refractivity contribution in [3.8, 4) is 11.3 Å². The highest BCUT2D eigenvalue weighted by molar-refractivity contribution is 5.91. The highest BCUT2D eigenvalue weighted by atomic mass is 35.5. The van der Waals surface area contributed by atoms with Gasteiger partial charge in [0.15, 0.2) is 0 Å². The summed E-state index contributed by atoms with van der Waals surface area (Å²) in [5, 5.41) is 9.00. The van der Waals surface area contributed by atoms with E-state index in [2.05, 4.69) is 36.3 Å². The number of piperazine rings is 1. The molecule has 0 spiro atoms. The summed E-state index contributed by atoms with van der Waals surface area (Å²) >= 11 is 0. The molecule has 0 saturated carbocycles. The Balaban J connectivity index is 0.00000146. The van der Waals surface area contributed by atoms with Crippen molar-refractivity contribution in [1.82, 2.24) is 30.0 Å². The van der Waals surface area contributed by atoms with Gasteiger partial charge in [0, 0.05) is 44.0 Å². The van der Waals surface area contributed by atoms with E-state index in [4.69, 9.17) is 0 Å². The van der Waals surface area contributed by atoms with Crippen molar-refractivity contribution in [1.29, 1.82) is 0 Å². The van der Waals surface area contributed by atoms with Crippen molar-refractivity contribution in [3.63, 3.8) is 0 Å². The summed E-state index contributed by atoms with van der Waals surface area (Å²) in [7, 11) is 1.92. The monoisotopic (exact) mass is 345 g/mol. The minimum Gasteiger partial charge on any atom is -0.353 e. The highest BCUT2D eigenvalue weighted by Crippen LogP contribution is 2.31. The Hall–Kier alpha value is -2.12. The van der Waals surface area contributed by atoms with Crippen LogP contribution in [-0.4, -0.2) is 49.9 Å². The highest BCUT2D eigenvalue weighted by Gasteiger charge is 2.33. The lowest BCUT2D eigenvalue weighted by Gasteiger charge is -2.33. The van der Waals surface area contributed by atoms with Crippen molar-refractivity contribution >= 4 is 29.3 Å². The molecule has 0 aromatic carbocycles. The predicted molar refractivity (Wildman–Crippen MR) is 95.5 cm³/mol. The first-order chi connectivity index (χ1) is 11.3. The summed E-state index contributed by atoms with van der Waals surface area (Å²) in [6.45, 7) is 2.05. The lowest BCUT2D eigenvalue weighted by molar-refractivity contribution is 0.464. The van der Waals surface area contributed by atoms with Crippen molar-refractivity contribution in [3.05, 3.63) is 24.8 Å². The molecule has 2 unspecified atom stereocenters. The van der Waals surface area contributed by atoms with Gasteiger partial charge in [-0.25, -0.2) is 9.97 Å². The second-order valence-corrected chi connectivity index (χ2v) is 6.59. The van der Waals surface area contributed by atoms with Gasteiger partial charge in [0.25, 0.3) is 0 Å². The fraction of sp³-hybridized carbons (Fsp3) is 0.438. The molecule has 2 fully saturated rings. The molecular weight excluding hydrogens is 326 g/mol. The van der Waals surface area contributed by atoms with Crippen LogP contribution in [0, 0.1) is 0 Å². The third-order valence-corrected chi connectivity index (χ3v) is 4.94. The Labute approximate surface area is 145 Å². The largest absolute Gasteiger partial charge is 0.353 e. The lowest BCUT2D eigenvalue weighted by Crippen LogP contribution is -2.51. The molecule has 2 atom stereocenters. The molecule has 8 heteroatoms. The quantitative estimate of drug-likeness (QED) is 0.739. The van der Waals surface area contributed by atoms with Gasteiger partial charge in [0.2, 0.25) is 0 Å². The molecule has 5 heterocycles. The zero-order valence-corrected chi connectivity index (χ0v) is 14.3. The molecule has 0 radical (unpaired) electrons. The van der Waals surface area contributed by atoms with E-state index in [1.54, 1.807) is 11.0 Å². The van der Waals surface area contributed by atoms with Gasteiger partial charge in [-0.2, -0.15) is 5.10 Å². The Morgan fingerprint density at radius 3 is 2.67 bits per heavy atom. The summed E-state index contributed by atoms with van der Waals surface area (Å²) < 4.78 is 1.81. The normalized spacial score (nSPS) is 22.8. The van der Waals surface area contributed by atoms with E-state index in [9.17, 15) is 0 Å². The van der Waals surface area contributed by atoms with Crippen molar-refractivity contribution < 1.29 is 0 Å². The summed E-state index contributed by atoms with van der Waals surface area (Å²) in [5.41, 5.74) is 2.99. The number of H-pyrrole nitrogens is 1. The van der Waals surface area contributed by atoms with E-state index in [1.165, 1.54) is 12.8 Å². The van der Waals surface area contributed by atoms with Gasteiger partial charge in [-0.3, -0.25) is 4.68 Å². The molecule has 5 rings (SSSR count). The smallest absolute Gasteiger partial charge is 0.143 e. The molecule has 2 N–H and O–H groups in total. The Kier molecular flexibility index (Phi) is 3.69. The second-order valence-electron chi connectivity index (χ2n) is 6.59. The Morgan fingerprint density at radius 1 is 1.17 bits per heavy atom. The molecule has 2 bridgehead atoms. The van der Waals surface area contributed by atoms with Crippen LogP contribution in [0.4, 0.5) is 5.82 Å². The molecule has 7 nitrogen and oxygen atoms in total.